The van der Waals surface area contributed by atoms with Gasteiger partial charge in [0.1, 0.15) is 0 Å². The van der Waals surface area contributed by atoms with Crippen LogP contribution >= 0.6 is 0 Å². The van der Waals surface area contributed by atoms with E-state index in [0.717, 1.165) is 49.5 Å². The largest absolute Gasteiger partial charge is 0.379 e. The molecule has 3 aromatic rings. The molecule has 1 saturated heterocycles. The highest BCUT2D eigenvalue weighted by molar-refractivity contribution is 5.94. The van der Waals surface area contributed by atoms with Crippen LogP contribution in [0.25, 0.3) is 0 Å². The Morgan fingerprint density at radius 1 is 0.933 bits per heavy atom. The van der Waals surface area contributed by atoms with Crippen molar-refractivity contribution in [2.75, 3.05) is 26.3 Å². The van der Waals surface area contributed by atoms with Crippen LogP contribution in [0.3, 0.4) is 0 Å². The van der Waals surface area contributed by atoms with E-state index >= 15 is 0 Å². The maximum Gasteiger partial charge on any atom is 0.252 e. The molecule has 1 aliphatic rings. The van der Waals surface area contributed by atoms with Crippen molar-refractivity contribution < 1.29 is 9.53 Å². The van der Waals surface area contributed by atoms with E-state index in [2.05, 4.69) is 59.6 Å². The van der Waals surface area contributed by atoms with Gasteiger partial charge in [-0.05, 0) is 35.7 Å². The number of nitrogens with zero attached hydrogens (tertiary/aromatic N) is 1. The summed E-state index contributed by atoms with van der Waals surface area (Å²) >= 11 is 0. The highest BCUT2D eigenvalue weighted by Gasteiger charge is 2.18. The van der Waals surface area contributed by atoms with Crippen molar-refractivity contribution in [3.8, 4) is 0 Å². The third kappa shape index (κ3) is 5.15. The van der Waals surface area contributed by atoms with E-state index in [1.165, 1.54) is 5.56 Å². The van der Waals surface area contributed by atoms with Gasteiger partial charge in [0.15, 0.2) is 0 Å². The van der Waals surface area contributed by atoms with Gasteiger partial charge in [-0.2, -0.15) is 0 Å². The van der Waals surface area contributed by atoms with Crippen LogP contribution in [0.5, 0.6) is 0 Å². The van der Waals surface area contributed by atoms with Crippen LogP contribution in [0.15, 0.2) is 78.9 Å². The lowest BCUT2D eigenvalue weighted by Crippen LogP contribution is -2.35. The van der Waals surface area contributed by atoms with Gasteiger partial charge in [-0.3, -0.25) is 9.69 Å². The first-order valence-electron chi connectivity index (χ1n) is 10.5. The van der Waals surface area contributed by atoms with Gasteiger partial charge in [-0.15, -0.1) is 0 Å². The van der Waals surface area contributed by atoms with Crippen molar-refractivity contribution in [3.05, 3.63) is 107 Å². The topological polar surface area (TPSA) is 41.6 Å². The molecule has 1 N–H and O–H groups in total. The number of benzene rings is 3. The Balaban J connectivity index is 1.53. The second kappa shape index (κ2) is 9.70. The second-order valence-corrected chi connectivity index (χ2v) is 7.82. The molecule has 4 nitrogen and oxygen atoms in total. The molecule has 0 spiro atoms. The fraction of sp³-hybridized carbons (Fsp3) is 0.269. The Morgan fingerprint density at radius 2 is 1.63 bits per heavy atom. The van der Waals surface area contributed by atoms with E-state index in [-0.39, 0.29) is 11.9 Å². The van der Waals surface area contributed by atoms with Crippen molar-refractivity contribution in [2.45, 2.75) is 19.5 Å². The van der Waals surface area contributed by atoms with Crippen molar-refractivity contribution in [2.24, 2.45) is 0 Å². The number of morpholine rings is 1. The lowest BCUT2D eigenvalue weighted by molar-refractivity contribution is 0.0342. The number of hydrogen-bond donors (Lipinski definition) is 1. The summed E-state index contributed by atoms with van der Waals surface area (Å²) in [6.07, 6.45) is 0. The molecule has 0 bridgehead atoms. The van der Waals surface area contributed by atoms with Crippen molar-refractivity contribution in [1.82, 2.24) is 10.2 Å². The van der Waals surface area contributed by atoms with E-state index in [1.54, 1.807) is 0 Å². The van der Waals surface area contributed by atoms with Gasteiger partial charge < -0.3 is 10.1 Å². The number of carbonyl (C=O) groups excluding carboxylic acids is 1. The van der Waals surface area contributed by atoms with Gasteiger partial charge in [0.2, 0.25) is 0 Å². The van der Waals surface area contributed by atoms with Crippen LogP contribution in [0, 0.1) is 6.92 Å². The molecule has 0 radical (unpaired) electrons. The average molecular weight is 401 g/mol. The number of nitrogens with one attached hydrogen (secondary N) is 1. The molecule has 0 saturated carbocycles. The Hall–Kier alpha value is -2.95. The van der Waals surface area contributed by atoms with Gasteiger partial charge >= 0.3 is 0 Å². The summed E-state index contributed by atoms with van der Waals surface area (Å²) < 4.78 is 5.43. The normalized spacial score (nSPS) is 15.5. The molecule has 154 valence electrons. The molecule has 0 unspecified atom stereocenters. The van der Waals surface area contributed by atoms with E-state index in [4.69, 9.17) is 4.74 Å². The number of carbonyl (C=O) groups is 1. The number of rotatable bonds is 6. The van der Waals surface area contributed by atoms with Gasteiger partial charge in [0.05, 0.1) is 19.3 Å². The zero-order valence-electron chi connectivity index (χ0n) is 17.4. The molecule has 1 heterocycles. The molecule has 1 amide bonds. The maximum atomic E-state index is 13.2. The van der Waals surface area contributed by atoms with Gasteiger partial charge in [-0.25, -0.2) is 0 Å². The van der Waals surface area contributed by atoms with Gasteiger partial charge in [-0.1, -0.05) is 72.3 Å². The smallest absolute Gasteiger partial charge is 0.252 e. The zero-order valence-corrected chi connectivity index (χ0v) is 17.4. The predicted octanol–water partition coefficient (Wildman–Crippen LogP) is 4.35. The summed E-state index contributed by atoms with van der Waals surface area (Å²) in [5.41, 5.74) is 5.18. The van der Waals surface area contributed by atoms with E-state index in [0.29, 0.717) is 5.56 Å². The Morgan fingerprint density at radius 3 is 2.37 bits per heavy atom. The molecular weight excluding hydrogens is 372 g/mol. The van der Waals surface area contributed by atoms with Crippen molar-refractivity contribution in [3.63, 3.8) is 0 Å². The third-order valence-corrected chi connectivity index (χ3v) is 5.52. The quantitative estimate of drug-likeness (QED) is 0.669. The Labute approximate surface area is 178 Å². The summed E-state index contributed by atoms with van der Waals surface area (Å²) in [5, 5.41) is 3.24. The van der Waals surface area contributed by atoms with Crippen LogP contribution in [0.2, 0.25) is 0 Å². The molecule has 4 heteroatoms. The minimum absolute atomic E-state index is 0.0618. The minimum atomic E-state index is -0.192. The molecule has 1 fully saturated rings. The minimum Gasteiger partial charge on any atom is -0.379 e. The van der Waals surface area contributed by atoms with Crippen LogP contribution < -0.4 is 5.32 Å². The van der Waals surface area contributed by atoms with Crippen LogP contribution in [0.1, 0.15) is 38.7 Å². The number of aryl methyl sites for hydroxylation is 1. The molecular formula is C26H28N2O2. The van der Waals surface area contributed by atoms with Crippen molar-refractivity contribution >= 4 is 5.91 Å². The molecule has 4 rings (SSSR count). The average Bonchev–Trinajstić information content (AvgIpc) is 2.79. The number of ether oxygens (including phenoxy) is 1. The van der Waals surface area contributed by atoms with Gasteiger partial charge in [0.25, 0.3) is 5.91 Å². The van der Waals surface area contributed by atoms with E-state index < -0.39 is 0 Å². The van der Waals surface area contributed by atoms with E-state index in [1.807, 2.05) is 36.4 Å². The predicted molar refractivity (Wildman–Crippen MR) is 119 cm³/mol. The molecule has 30 heavy (non-hydrogen) atoms. The SMILES string of the molecule is Cc1ccc([C@H](NC(=O)c2cccc(CN3CCOCC3)c2)c2ccccc2)cc1. The molecule has 0 aromatic heterocycles. The first-order chi connectivity index (χ1) is 14.7. The second-order valence-electron chi connectivity index (χ2n) is 7.82. The first-order valence-corrected chi connectivity index (χ1v) is 10.5. The monoisotopic (exact) mass is 400 g/mol. The Bertz CT molecular complexity index is 964. The van der Waals surface area contributed by atoms with Crippen LogP contribution in [-0.4, -0.2) is 37.1 Å². The summed E-state index contributed by atoms with van der Waals surface area (Å²) in [6.45, 7) is 6.31. The van der Waals surface area contributed by atoms with E-state index in [9.17, 15) is 4.79 Å². The summed E-state index contributed by atoms with van der Waals surface area (Å²) in [4.78, 5) is 15.5. The van der Waals surface area contributed by atoms with Crippen molar-refractivity contribution in [1.29, 1.82) is 0 Å². The molecule has 0 aliphatic carbocycles. The summed E-state index contributed by atoms with van der Waals surface area (Å²) in [5.74, 6) is -0.0618. The highest BCUT2D eigenvalue weighted by atomic mass is 16.5. The standard InChI is InChI=1S/C26H28N2O2/c1-20-10-12-23(13-11-20)25(22-7-3-2-4-8-22)27-26(29)24-9-5-6-21(18-24)19-28-14-16-30-17-15-28/h2-13,18,25H,14-17,19H2,1H3,(H,27,29)/t25-/m1/s1. The fourth-order valence-corrected chi connectivity index (χ4v) is 3.81. The van der Waals surface area contributed by atoms with Crippen LogP contribution in [0.4, 0.5) is 0 Å². The zero-order chi connectivity index (χ0) is 20.8. The first kappa shape index (κ1) is 20.3. The molecule has 3 aromatic carbocycles. The van der Waals surface area contributed by atoms with Gasteiger partial charge in [0, 0.05) is 25.2 Å². The molecule has 1 aliphatic heterocycles. The molecule has 1 atom stereocenters. The fourth-order valence-electron chi connectivity index (χ4n) is 3.81. The lowest BCUT2D eigenvalue weighted by Gasteiger charge is -2.26. The number of hydrogen-bond acceptors (Lipinski definition) is 3. The van der Waals surface area contributed by atoms with Crippen LogP contribution in [-0.2, 0) is 11.3 Å². The summed E-state index contributed by atoms with van der Waals surface area (Å²) in [7, 11) is 0. The summed E-state index contributed by atoms with van der Waals surface area (Å²) in [6, 6.07) is 26.2. The lowest BCUT2D eigenvalue weighted by atomic mass is 9.97. The number of amides is 1. The maximum absolute atomic E-state index is 13.2. The Kier molecular flexibility index (Phi) is 6.57. The highest BCUT2D eigenvalue weighted by Crippen LogP contribution is 2.23. The third-order valence-electron chi connectivity index (χ3n) is 5.52.